The highest BCUT2D eigenvalue weighted by Crippen LogP contribution is 2.29. The van der Waals surface area contributed by atoms with Gasteiger partial charge < -0.3 is 14.6 Å². The molecule has 2 heterocycles. The van der Waals surface area contributed by atoms with Crippen LogP contribution in [0, 0.1) is 5.82 Å². The number of phenols is 1. The molecule has 1 unspecified atom stereocenters. The first-order valence-corrected chi connectivity index (χ1v) is 9.88. The number of halogens is 1. The molecule has 0 spiro atoms. The Labute approximate surface area is 169 Å². The van der Waals surface area contributed by atoms with Gasteiger partial charge >= 0.3 is 0 Å². The number of aromatic hydroxyl groups is 1. The highest BCUT2D eigenvalue weighted by molar-refractivity contribution is 5.78. The van der Waals surface area contributed by atoms with Crippen LogP contribution in [-0.2, 0) is 17.8 Å². The van der Waals surface area contributed by atoms with E-state index in [1.807, 2.05) is 27.7 Å². The van der Waals surface area contributed by atoms with Crippen LogP contribution >= 0.6 is 0 Å². The van der Waals surface area contributed by atoms with Crippen molar-refractivity contribution in [1.82, 2.24) is 14.5 Å². The van der Waals surface area contributed by atoms with E-state index < -0.39 is 0 Å². The molecule has 1 atom stereocenters. The molecule has 0 aliphatic carbocycles. The zero-order valence-corrected chi connectivity index (χ0v) is 16.2. The molecule has 0 radical (unpaired) electrons. The Morgan fingerprint density at radius 2 is 2.07 bits per heavy atom. The highest BCUT2D eigenvalue weighted by Gasteiger charge is 2.25. The fourth-order valence-corrected chi connectivity index (χ4v) is 3.99. The summed E-state index contributed by atoms with van der Waals surface area (Å²) in [6.07, 6.45) is 5.59. The molecule has 1 aromatic heterocycles. The van der Waals surface area contributed by atoms with Crippen LogP contribution in [0.15, 0.2) is 61.1 Å². The van der Waals surface area contributed by atoms with E-state index in [0.29, 0.717) is 13.1 Å². The van der Waals surface area contributed by atoms with E-state index in [0.717, 1.165) is 36.2 Å². The van der Waals surface area contributed by atoms with E-state index in [-0.39, 0.29) is 29.8 Å². The first-order chi connectivity index (χ1) is 14.1. The van der Waals surface area contributed by atoms with E-state index >= 15 is 0 Å². The standard InChI is InChI=1S/C23H24FN3O2/c24-20-7-1-4-17(10-20)14-27-16-25-13-21(27)12-23(29)26-9-3-6-19(15-26)18-5-2-8-22(28)11-18/h1-2,4-5,7-8,10-11,13,16,19,28H,3,6,9,12,14-15H2. The van der Waals surface area contributed by atoms with Crippen molar-refractivity contribution in [3.05, 3.63) is 83.7 Å². The summed E-state index contributed by atoms with van der Waals surface area (Å²) in [5.41, 5.74) is 2.72. The third-order valence-electron chi connectivity index (χ3n) is 5.49. The van der Waals surface area contributed by atoms with Crippen LogP contribution in [0.3, 0.4) is 0 Å². The van der Waals surface area contributed by atoms with Gasteiger partial charge in [0, 0.05) is 37.4 Å². The van der Waals surface area contributed by atoms with Gasteiger partial charge in [-0.2, -0.15) is 0 Å². The topological polar surface area (TPSA) is 58.4 Å². The van der Waals surface area contributed by atoms with Crippen LogP contribution < -0.4 is 0 Å². The molecule has 5 nitrogen and oxygen atoms in total. The molecule has 29 heavy (non-hydrogen) atoms. The molecule has 1 fully saturated rings. The molecule has 1 saturated heterocycles. The molecular formula is C23H24FN3O2. The Kier molecular flexibility index (Phi) is 5.60. The number of carbonyl (C=O) groups is 1. The molecule has 0 saturated carbocycles. The number of hydrogen-bond donors (Lipinski definition) is 1. The van der Waals surface area contributed by atoms with Gasteiger partial charge in [-0.15, -0.1) is 0 Å². The second-order valence-electron chi connectivity index (χ2n) is 7.59. The van der Waals surface area contributed by atoms with Crippen molar-refractivity contribution >= 4 is 5.91 Å². The van der Waals surface area contributed by atoms with Gasteiger partial charge in [0.25, 0.3) is 0 Å². The van der Waals surface area contributed by atoms with Crippen molar-refractivity contribution in [3.8, 4) is 5.75 Å². The molecule has 1 aliphatic heterocycles. The molecule has 0 bridgehead atoms. The average molecular weight is 393 g/mol. The first-order valence-electron chi connectivity index (χ1n) is 9.88. The van der Waals surface area contributed by atoms with E-state index in [2.05, 4.69) is 4.98 Å². The Morgan fingerprint density at radius 1 is 1.21 bits per heavy atom. The third-order valence-corrected chi connectivity index (χ3v) is 5.49. The van der Waals surface area contributed by atoms with Gasteiger partial charge in [0.1, 0.15) is 11.6 Å². The number of likely N-dealkylation sites (tertiary alicyclic amines) is 1. The smallest absolute Gasteiger partial charge is 0.228 e. The number of amides is 1. The molecule has 6 heteroatoms. The molecule has 150 valence electrons. The monoisotopic (exact) mass is 393 g/mol. The van der Waals surface area contributed by atoms with Crippen LogP contribution in [0.5, 0.6) is 5.75 Å². The van der Waals surface area contributed by atoms with Gasteiger partial charge in [0.05, 0.1) is 12.7 Å². The van der Waals surface area contributed by atoms with E-state index in [9.17, 15) is 14.3 Å². The van der Waals surface area contributed by atoms with Gasteiger partial charge in [0.15, 0.2) is 0 Å². The number of nitrogens with zero attached hydrogens (tertiary/aromatic N) is 3. The summed E-state index contributed by atoms with van der Waals surface area (Å²) < 4.78 is 15.3. The van der Waals surface area contributed by atoms with Crippen molar-refractivity contribution in [3.63, 3.8) is 0 Å². The minimum atomic E-state index is -0.272. The molecule has 1 aliphatic rings. The van der Waals surface area contributed by atoms with Gasteiger partial charge in [-0.1, -0.05) is 24.3 Å². The van der Waals surface area contributed by atoms with Crippen molar-refractivity contribution in [2.24, 2.45) is 0 Å². The predicted octanol–water partition coefficient (Wildman–Crippen LogP) is 3.72. The number of piperidine rings is 1. The quantitative estimate of drug-likeness (QED) is 0.719. The SMILES string of the molecule is O=C(Cc1cncn1Cc1cccc(F)c1)N1CCCC(c2cccc(O)c2)C1. The molecular weight excluding hydrogens is 369 g/mol. The third kappa shape index (κ3) is 4.65. The lowest BCUT2D eigenvalue weighted by molar-refractivity contribution is -0.131. The molecule has 1 N–H and O–H groups in total. The maximum atomic E-state index is 13.4. The Bertz CT molecular complexity index is 1000. The largest absolute Gasteiger partial charge is 0.508 e. The summed E-state index contributed by atoms with van der Waals surface area (Å²) in [5.74, 6) is 0.284. The number of imidazole rings is 1. The first kappa shape index (κ1) is 19.2. The number of aromatic nitrogens is 2. The maximum absolute atomic E-state index is 13.4. The summed E-state index contributed by atoms with van der Waals surface area (Å²) in [5, 5.41) is 9.75. The lowest BCUT2D eigenvalue weighted by Crippen LogP contribution is -2.40. The van der Waals surface area contributed by atoms with E-state index in [1.54, 1.807) is 30.7 Å². The zero-order valence-electron chi connectivity index (χ0n) is 16.2. The number of carbonyl (C=O) groups excluding carboxylic acids is 1. The molecule has 2 aromatic carbocycles. The lowest BCUT2D eigenvalue weighted by Gasteiger charge is -2.33. The summed E-state index contributed by atoms with van der Waals surface area (Å²) in [6, 6.07) is 13.8. The average Bonchev–Trinajstić information content (AvgIpc) is 3.14. The number of hydrogen-bond acceptors (Lipinski definition) is 3. The Morgan fingerprint density at radius 3 is 2.90 bits per heavy atom. The predicted molar refractivity (Wildman–Crippen MR) is 108 cm³/mol. The minimum Gasteiger partial charge on any atom is -0.508 e. The van der Waals surface area contributed by atoms with Crippen LogP contribution in [0.2, 0.25) is 0 Å². The second kappa shape index (κ2) is 8.47. The Hall–Kier alpha value is -3.15. The van der Waals surface area contributed by atoms with Crippen molar-refractivity contribution in [2.75, 3.05) is 13.1 Å². The highest BCUT2D eigenvalue weighted by atomic mass is 19.1. The van der Waals surface area contributed by atoms with E-state index in [1.165, 1.54) is 12.1 Å². The lowest BCUT2D eigenvalue weighted by atomic mass is 9.90. The summed E-state index contributed by atoms with van der Waals surface area (Å²) in [7, 11) is 0. The normalized spacial score (nSPS) is 16.7. The zero-order chi connectivity index (χ0) is 20.2. The Balaban J connectivity index is 1.42. The van der Waals surface area contributed by atoms with Gasteiger partial charge in [-0.3, -0.25) is 4.79 Å². The summed E-state index contributed by atoms with van der Waals surface area (Å²) in [4.78, 5) is 19.0. The molecule has 3 aromatic rings. The second-order valence-corrected chi connectivity index (χ2v) is 7.59. The van der Waals surface area contributed by atoms with Crippen molar-refractivity contribution in [1.29, 1.82) is 0 Å². The van der Waals surface area contributed by atoms with Gasteiger partial charge in [0.2, 0.25) is 5.91 Å². The molecule has 4 rings (SSSR count). The van der Waals surface area contributed by atoms with Crippen LogP contribution in [0.25, 0.3) is 0 Å². The van der Waals surface area contributed by atoms with Crippen molar-refractivity contribution < 1.29 is 14.3 Å². The maximum Gasteiger partial charge on any atom is 0.228 e. The van der Waals surface area contributed by atoms with Crippen molar-refractivity contribution in [2.45, 2.75) is 31.7 Å². The van der Waals surface area contributed by atoms with Gasteiger partial charge in [-0.25, -0.2) is 9.37 Å². The van der Waals surface area contributed by atoms with Gasteiger partial charge in [-0.05, 0) is 48.2 Å². The number of benzene rings is 2. The minimum absolute atomic E-state index is 0.0656. The van der Waals surface area contributed by atoms with Crippen LogP contribution in [0.1, 0.15) is 35.6 Å². The van der Waals surface area contributed by atoms with E-state index in [4.69, 9.17) is 0 Å². The number of phenolic OH excluding ortho intramolecular Hbond substituents is 1. The summed E-state index contributed by atoms with van der Waals surface area (Å²) >= 11 is 0. The molecule has 1 amide bonds. The fraction of sp³-hybridized carbons (Fsp3) is 0.304. The summed E-state index contributed by atoms with van der Waals surface area (Å²) in [6.45, 7) is 1.87. The number of rotatable bonds is 5. The van der Waals surface area contributed by atoms with Crippen LogP contribution in [-0.4, -0.2) is 38.6 Å². The van der Waals surface area contributed by atoms with Crippen LogP contribution in [0.4, 0.5) is 4.39 Å². The fourth-order valence-electron chi connectivity index (χ4n) is 3.99.